The van der Waals surface area contributed by atoms with E-state index in [-0.39, 0.29) is 17.0 Å². The molecule has 4 nitrogen and oxygen atoms in total. The molecular formula is C21H19F2N3O. The predicted octanol–water partition coefficient (Wildman–Crippen LogP) is 4.62. The molecule has 0 bridgehead atoms. The zero-order valence-electron chi connectivity index (χ0n) is 15.1. The Morgan fingerprint density at radius 3 is 2.52 bits per heavy atom. The molecule has 1 aromatic carbocycles. The minimum absolute atomic E-state index is 0.167. The summed E-state index contributed by atoms with van der Waals surface area (Å²) in [4.78, 5) is 12.8. The van der Waals surface area contributed by atoms with E-state index >= 15 is 0 Å². The van der Waals surface area contributed by atoms with Gasteiger partial charge in [0.05, 0.1) is 17.7 Å². The third-order valence-corrected chi connectivity index (χ3v) is 4.78. The Morgan fingerprint density at radius 2 is 1.81 bits per heavy atom. The largest absolute Gasteiger partial charge is 0.477 e. The Hall–Kier alpha value is -2.89. The van der Waals surface area contributed by atoms with Crippen molar-refractivity contribution in [1.29, 1.82) is 0 Å². The van der Waals surface area contributed by atoms with Gasteiger partial charge in [-0.25, -0.2) is 13.8 Å². The molecule has 0 aliphatic heterocycles. The minimum atomic E-state index is -0.666. The van der Waals surface area contributed by atoms with E-state index in [1.807, 2.05) is 25.3 Å². The molecule has 1 saturated carbocycles. The van der Waals surface area contributed by atoms with Gasteiger partial charge in [0.15, 0.2) is 0 Å². The van der Waals surface area contributed by atoms with Gasteiger partial charge >= 0.3 is 0 Å². The lowest BCUT2D eigenvalue weighted by molar-refractivity contribution is 0.285. The third kappa shape index (κ3) is 3.65. The zero-order chi connectivity index (χ0) is 19.0. The van der Waals surface area contributed by atoms with Gasteiger partial charge in [-0.05, 0) is 44.0 Å². The highest BCUT2D eigenvalue weighted by Crippen LogP contribution is 2.47. The maximum Gasteiger partial charge on any atom is 0.224 e. The molecule has 2 unspecified atom stereocenters. The second-order valence-electron chi connectivity index (χ2n) is 6.91. The molecule has 0 spiro atoms. The highest BCUT2D eigenvalue weighted by Gasteiger charge is 2.40. The lowest BCUT2D eigenvalue weighted by atomic mass is 10.1. The van der Waals surface area contributed by atoms with Crippen molar-refractivity contribution in [2.75, 3.05) is 6.61 Å². The maximum absolute atomic E-state index is 14.2. The van der Waals surface area contributed by atoms with Gasteiger partial charge in [0.1, 0.15) is 17.5 Å². The number of nitrogens with zero attached hydrogens (tertiary/aromatic N) is 3. The van der Waals surface area contributed by atoms with Gasteiger partial charge in [-0.15, -0.1) is 0 Å². The molecule has 6 heteroatoms. The minimum Gasteiger partial charge on any atom is -0.477 e. The number of halogens is 2. The quantitative estimate of drug-likeness (QED) is 0.660. The fraction of sp³-hybridized carbons (Fsp3) is 0.286. The van der Waals surface area contributed by atoms with Crippen LogP contribution in [0.3, 0.4) is 0 Å². The summed E-state index contributed by atoms with van der Waals surface area (Å²) in [6.07, 6.45) is 4.24. The average Bonchev–Trinajstić information content (AvgIpc) is 3.41. The first-order valence-electron chi connectivity index (χ1n) is 8.86. The summed E-state index contributed by atoms with van der Waals surface area (Å²) < 4.78 is 34.2. The Kier molecular flexibility index (Phi) is 4.56. The summed E-state index contributed by atoms with van der Waals surface area (Å²) in [5.41, 5.74) is 2.23. The molecule has 0 radical (unpaired) electrons. The number of benzene rings is 1. The second kappa shape index (κ2) is 7.02. The van der Waals surface area contributed by atoms with Crippen molar-refractivity contribution in [2.45, 2.75) is 26.2 Å². The maximum atomic E-state index is 14.2. The number of aryl methyl sites for hydroxylation is 2. The summed E-state index contributed by atoms with van der Waals surface area (Å²) in [5.74, 6) is 0.0175. The first kappa shape index (κ1) is 17.5. The zero-order valence-corrected chi connectivity index (χ0v) is 15.1. The number of pyridine rings is 1. The molecule has 0 N–H and O–H groups in total. The molecule has 4 rings (SSSR count). The normalized spacial score (nSPS) is 18.4. The van der Waals surface area contributed by atoms with Gasteiger partial charge < -0.3 is 4.74 Å². The van der Waals surface area contributed by atoms with Crippen LogP contribution in [0.15, 0.2) is 42.7 Å². The van der Waals surface area contributed by atoms with Crippen LogP contribution in [0, 0.1) is 31.4 Å². The Labute approximate surface area is 156 Å². The lowest BCUT2D eigenvalue weighted by Gasteiger charge is -2.12. The van der Waals surface area contributed by atoms with Crippen LogP contribution in [-0.2, 0) is 0 Å². The van der Waals surface area contributed by atoms with E-state index in [1.54, 1.807) is 6.92 Å². The number of ether oxygens (including phenoxy) is 1. The summed E-state index contributed by atoms with van der Waals surface area (Å²) in [6.45, 7) is 4.13. The van der Waals surface area contributed by atoms with E-state index in [2.05, 4.69) is 15.0 Å². The van der Waals surface area contributed by atoms with Gasteiger partial charge in [-0.1, -0.05) is 12.1 Å². The molecular weight excluding hydrogens is 348 g/mol. The molecule has 1 fully saturated rings. The molecule has 2 heterocycles. The van der Waals surface area contributed by atoms with E-state index in [9.17, 15) is 8.78 Å². The van der Waals surface area contributed by atoms with Crippen molar-refractivity contribution in [1.82, 2.24) is 15.0 Å². The van der Waals surface area contributed by atoms with Crippen molar-refractivity contribution in [3.8, 4) is 17.0 Å². The van der Waals surface area contributed by atoms with E-state index in [0.29, 0.717) is 24.3 Å². The van der Waals surface area contributed by atoms with Gasteiger partial charge in [0, 0.05) is 29.9 Å². The monoisotopic (exact) mass is 367 g/mol. The first-order chi connectivity index (χ1) is 13.0. The first-order valence-corrected chi connectivity index (χ1v) is 8.86. The number of aromatic nitrogens is 3. The summed E-state index contributed by atoms with van der Waals surface area (Å²) in [7, 11) is 0. The Bertz CT molecular complexity index is 955. The third-order valence-electron chi connectivity index (χ3n) is 4.78. The average molecular weight is 367 g/mol. The van der Waals surface area contributed by atoms with Gasteiger partial charge in [0.25, 0.3) is 0 Å². The van der Waals surface area contributed by atoms with Crippen LogP contribution in [0.1, 0.15) is 29.4 Å². The van der Waals surface area contributed by atoms with Gasteiger partial charge in [-0.3, -0.25) is 4.98 Å². The van der Waals surface area contributed by atoms with E-state index < -0.39 is 11.6 Å². The molecule has 1 aliphatic rings. The van der Waals surface area contributed by atoms with Crippen molar-refractivity contribution >= 4 is 0 Å². The smallest absolute Gasteiger partial charge is 0.224 e. The molecule has 138 valence electrons. The highest BCUT2D eigenvalue weighted by molar-refractivity contribution is 5.68. The van der Waals surface area contributed by atoms with Crippen LogP contribution in [0.25, 0.3) is 11.1 Å². The Balaban J connectivity index is 1.53. The number of rotatable bonds is 5. The van der Waals surface area contributed by atoms with E-state index in [0.717, 1.165) is 17.7 Å². The predicted molar refractivity (Wildman–Crippen MR) is 97.4 cm³/mol. The highest BCUT2D eigenvalue weighted by atomic mass is 19.1. The molecule has 2 atom stereocenters. The van der Waals surface area contributed by atoms with E-state index in [1.165, 1.54) is 24.4 Å². The van der Waals surface area contributed by atoms with Crippen LogP contribution in [0.5, 0.6) is 5.88 Å². The van der Waals surface area contributed by atoms with Crippen LogP contribution in [0.4, 0.5) is 8.78 Å². The molecule has 1 aliphatic carbocycles. The molecule has 0 amide bonds. The summed E-state index contributed by atoms with van der Waals surface area (Å²) >= 11 is 0. The molecule has 0 saturated heterocycles. The van der Waals surface area contributed by atoms with Crippen LogP contribution >= 0.6 is 0 Å². The molecule has 27 heavy (non-hydrogen) atoms. The lowest BCUT2D eigenvalue weighted by Crippen LogP contribution is -2.06. The topological polar surface area (TPSA) is 47.9 Å². The molecule has 2 aromatic heterocycles. The Morgan fingerprint density at radius 1 is 1.04 bits per heavy atom. The molecule has 3 aromatic rings. The van der Waals surface area contributed by atoms with Crippen molar-refractivity contribution in [2.24, 2.45) is 5.92 Å². The van der Waals surface area contributed by atoms with E-state index in [4.69, 9.17) is 4.74 Å². The summed E-state index contributed by atoms with van der Waals surface area (Å²) in [5, 5.41) is 0. The standard InChI is InChI=1S/C21H19F2N3O/c1-12-6-7-19(25-9-12)15-8-14(15)11-27-21-16(10-24-13(2)26-21)20-17(22)4-3-5-18(20)23/h3-7,9-10,14-15H,8,11H2,1-2H3. The van der Waals surface area contributed by atoms with Gasteiger partial charge in [-0.2, -0.15) is 4.98 Å². The number of hydrogen-bond donors (Lipinski definition) is 0. The van der Waals surface area contributed by atoms with Crippen LogP contribution in [0.2, 0.25) is 0 Å². The van der Waals surface area contributed by atoms with Crippen LogP contribution in [-0.4, -0.2) is 21.6 Å². The second-order valence-corrected chi connectivity index (χ2v) is 6.91. The van der Waals surface area contributed by atoms with Crippen molar-refractivity contribution in [3.63, 3.8) is 0 Å². The number of hydrogen-bond acceptors (Lipinski definition) is 4. The fourth-order valence-electron chi connectivity index (χ4n) is 3.16. The van der Waals surface area contributed by atoms with Crippen LogP contribution < -0.4 is 4.74 Å². The van der Waals surface area contributed by atoms with Crippen molar-refractivity contribution in [3.05, 3.63) is 71.4 Å². The SMILES string of the molecule is Cc1ccc(C2CC2COc2nc(C)ncc2-c2c(F)cccc2F)nc1. The fourth-order valence-corrected chi connectivity index (χ4v) is 3.16. The van der Waals surface area contributed by atoms with Gasteiger partial charge in [0.2, 0.25) is 5.88 Å². The summed E-state index contributed by atoms with van der Waals surface area (Å²) in [6, 6.07) is 7.83. The van der Waals surface area contributed by atoms with Crippen molar-refractivity contribution < 1.29 is 13.5 Å².